The Morgan fingerprint density at radius 3 is 3.07 bits per heavy atom. The van der Waals surface area contributed by atoms with Crippen molar-refractivity contribution in [2.75, 3.05) is 11.4 Å². The molecule has 72 valence electrons. The Kier molecular flexibility index (Phi) is 2.57. The minimum atomic E-state index is 0.515. The third-order valence-electron chi connectivity index (χ3n) is 2.73. The summed E-state index contributed by atoms with van der Waals surface area (Å²) in [6.07, 6.45) is 2.11. The van der Waals surface area contributed by atoms with Crippen molar-refractivity contribution < 1.29 is 4.79 Å². The number of rotatable bonds is 2. The van der Waals surface area contributed by atoms with Gasteiger partial charge in [0.05, 0.1) is 0 Å². The van der Waals surface area contributed by atoms with Gasteiger partial charge in [0, 0.05) is 12.2 Å². The lowest BCUT2D eigenvalue weighted by Crippen LogP contribution is -2.37. The Morgan fingerprint density at radius 1 is 1.50 bits per heavy atom. The average molecular weight is 187 g/mol. The standard InChI is InChI=1S/C11H14BNO/c1-9-6-10-4-2-3-5-11(10)13(7-9)12-8-14/h2-5,8-9,12H,6-7H2,1H3. The van der Waals surface area contributed by atoms with Crippen LogP contribution in [0.1, 0.15) is 12.5 Å². The summed E-state index contributed by atoms with van der Waals surface area (Å²) in [6.45, 7) is 3.23. The Balaban J connectivity index is 2.33. The van der Waals surface area contributed by atoms with E-state index in [1.165, 1.54) is 11.3 Å². The first-order chi connectivity index (χ1) is 6.81. The molecule has 1 aromatic carbocycles. The van der Waals surface area contributed by atoms with Crippen molar-refractivity contribution in [2.45, 2.75) is 13.3 Å². The molecule has 0 spiro atoms. The number of carbonyl (C=O) groups is 1. The lowest BCUT2D eigenvalue weighted by atomic mass is 9.85. The highest BCUT2D eigenvalue weighted by molar-refractivity contribution is 6.70. The van der Waals surface area contributed by atoms with Gasteiger partial charge in [-0.1, -0.05) is 25.1 Å². The molecule has 2 rings (SSSR count). The summed E-state index contributed by atoms with van der Waals surface area (Å²) >= 11 is 0. The quantitative estimate of drug-likeness (QED) is 0.512. The lowest BCUT2D eigenvalue weighted by molar-refractivity contribution is 0.562. The Labute approximate surface area is 85.2 Å². The third kappa shape index (κ3) is 1.67. The number of hydrogen-bond acceptors (Lipinski definition) is 2. The molecule has 0 fully saturated rings. The summed E-state index contributed by atoms with van der Waals surface area (Å²) in [5.41, 5.74) is 2.60. The molecule has 0 aromatic heterocycles. The molecule has 0 amide bonds. The molecule has 2 nitrogen and oxygen atoms in total. The van der Waals surface area contributed by atoms with E-state index in [-0.39, 0.29) is 0 Å². The fraction of sp³-hybridized carbons (Fsp3) is 0.364. The van der Waals surface area contributed by atoms with Gasteiger partial charge in [-0.25, -0.2) is 0 Å². The van der Waals surface area contributed by atoms with Crippen molar-refractivity contribution in [3.8, 4) is 0 Å². The summed E-state index contributed by atoms with van der Waals surface area (Å²) in [4.78, 5) is 12.7. The first-order valence-electron chi connectivity index (χ1n) is 5.07. The normalized spacial score (nSPS) is 20.1. The number of benzene rings is 1. The number of carbonyl (C=O) groups excluding carboxylic acids is 1. The van der Waals surface area contributed by atoms with Crippen LogP contribution in [0.25, 0.3) is 0 Å². The molecule has 1 aliphatic heterocycles. The second kappa shape index (κ2) is 3.87. The topological polar surface area (TPSA) is 20.3 Å². The first kappa shape index (κ1) is 9.32. The SMILES string of the molecule is CC1Cc2ccccc2N(BC=O)C1. The molecule has 1 unspecified atom stereocenters. The molecule has 0 bridgehead atoms. The average Bonchev–Trinajstić information content (AvgIpc) is 2.18. The van der Waals surface area contributed by atoms with Crippen LogP contribution in [0.15, 0.2) is 24.3 Å². The number of fused-ring (bicyclic) bond motifs is 1. The molecule has 14 heavy (non-hydrogen) atoms. The molecule has 1 aromatic rings. The fourth-order valence-corrected chi connectivity index (χ4v) is 2.17. The first-order valence-corrected chi connectivity index (χ1v) is 5.07. The van der Waals surface area contributed by atoms with Crippen molar-refractivity contribution in [2.24, 2.45) is 5.92 Å². The van der Waals surface area contributed by atoms with E-state index in [0.717, 1.165) is 19.2 Å². The van der Waals surface area contributed by atoms with Gasteiger partial charge in [-0.05, 0) is 24.0 Å². The van der Waals surface area contributed by atoms with Crippen molar-refractivity contribution in [3.05, 3.63) is 29.8 Å². The largest absolute Gasteiger partial charge is 0.411 e. The van der Waals surface area contributed by atoms with Crippen LogP contribution in [0, 0.1) is 5.92 Å². The molecular formula is C11H14BNO. The van der Waals surface area contributed by atoms with Gasteiger partial charge < -0.3 is 9.61 Å². The molecule has 1 aliphatic rings. The molecule has 0 aliphatic carbocycles. The van der Waals surface area contributed by atoms with Crippen LogP contribution in [0.4, 0.5) is 5.69 Å². The minimum Gasteiger partial charge on any atom is -0.411 e. The van der Waals surface area contributed by atoms with Gasteiger partial charge in [0.25, 0.3) is 0 Å². The summed E-state index contributed by atoms with van der Waals surface area (Å²) in [7, 11) is 0.515. The van der Waals surface area contributed by atoms with Crippen LogP contribution in [-0.4, -0.2) is 20.1 Å². The van der Waals surface area contributed by atoms with E-state index < -0.39 is 0 Å². The van der Waals surface area contributed by atoms with Crippen molar-refractivity contribution in [3.63, 3.8) is 0 Å². The van der Waals surface area contributed by atoms with Gasteiger partial charge >= 0.3 is 7.41 Å². The smallest absolute Gasteiger partial charge is 0.310 e. The van der Waals surface area contributed by atoms with E-state index in [1.54, 1.807) is 0 Å². The van der Waals surface area contributed by atoms with Gasteiger partial charge in [-0.3, -0.25) is 0 Å². The summed E-state index contributed by atoms with van der Waals surface area (Å²) < 4.78 is 0. The Hall–Kier alpha value is -1.25. The Bertz CT molecular complexity index is 340. The molecule has 0 N–H and O–H groups in total. The van der Waals surface area contributed by atoms with Gasteiger partial charge in [-0.2, -0.15) is 0 Å². The highest BCUT2D eigenvalue weighted by Crippen LogP contribution is 2.28. The summed E-state index contributed by atoms with van der Waals surface area (Å²) in [6, 6.07) is 8.36. The van der Waals surface area contributed by atoms with Crippen molar-refractivity contribution in [1.29, 1.82) is 0 Å². The van der Waals surface area contributed by atoms with Crippen LogP contribution in [-0.2, 0) is 11.2 Å². The molecular weight excluding hydrogens is 173 g/mol. The molecule has 1 heterocycles. The van der Waals surface area contributed by atoms with E-state index in [4.69, 9.17) is 0 Å². The zero-order valence-corrected chi connectivity index (χ0v) is 8.44. The van der Waals surface area contributed by atoms with Gasteiger partial charge in [0.15, 0.2) is 0 Å². The maximum Gasteiger partial charge on any atom is 0.310 e. The Morgan fingerprint density at radius 2 is 2.29 bits per heavy atom. The summed E-state index contributed by atoms with van der Waals surface area (Å²) in [5.74, 6) is 0.643. The molecule has 3 heteroatoms. The zero-order valence-electron chi connectivity index (χ0n) is 8.44. The van der Waals surface area contributed by atoms with Crippen molar-refractivity contribution in [1.82, 2.24) is 0 Å². The van der Waals surface area contributed by atoms with Gasteiger partial charge in [-0.15, -0.1) is 0 Å². The fourth-order valence-electron chi connectivity index (χ4n) is 2.17. The number of nitrogens with zero attached hydrogens (tertiary/aromatic N) is 1. The number of hydrogen-bond donors (Lipinski definition) is 0. The van der Waals surface area contributed by atoms with Crippen LogP contribution in [0.3, 0.4) is 0 Å². The maximum absolute atomic E-state index is 10.5. The molecule has 0 saturated carbocycles. The highest BCUT2D eigenvalue weighted by Gasteiger charge is 2.20. The molecule has 0 radical (unpaired) electrons. The van der Waals surface area contributed by atoms with E-state index in [1.807, 2.05) is 6.07 Å². The minimum absolute atomic E-state index is 0.515. The van der Waals surface area contributed by atoms with Crippen LogP contribution in [0.5, 0.6) is 0 Å². The second-order valence-corrected chi connectivity index (χ2v) is 4.01. The highest BCUT2D eigenvalue weighted by atomic mass is 16.1. The monoisotopic (exact) mass is 187 g/mol. The number of para-hydroxylation sites is 1. The lowest BCUT2D eigenvalue weighted by Gasteiger charge is -2.33. The number of anilines is 1. The van der Waals surface area contributed by atoms with E-state index in [2.05, 4.69) is 29.9 Å². The van der Waals surface area contributed by atoms with E-state index >= 15 is 0 Å². The van der Waals surface area contributed by atoms with Gasteiger partial charge in [0.1, 0.15) is 6.19 Å². The van der Waals surface area contributed by atoms with Crippen LogP contribution < -0.4 is 4.81 Å². The predicted octanol–water partition coefficient (Wildman–Crippen LogP) is 1.23. The molecule has 0 saturated heterocycles. The second-order valence-electron chi connectivity index (χ2n) is 4.01. The van der Waals surface area contributed by atoms with Crippen LogP contribution >= 0.6 is 0 Å². The third-order valence-corrected chi connectivity index (χ3v) is 2.73. The zero-order chi connectivity index (χ0) is 9.97. The predicted molar refractivity (Wildman–Crippen MR) is 60.6 cm³/mol. The van der Waals surface area contributed by atoms with E-state index in [0.29, 0.717) is 13.3 Å². The summed E-state index contributed by atoms with van der Waals surface area (Å²) in [5, 5.41) is 0. The van der Waals surface area contributed by atoms with E-state index in [9.17, 15) is 4.79 Å². The van der Waals surface area contributed by atoms with Gasteiger partial charge in [0.2, 0.25) is 0 Å². The van der Waals surface area contributed by atoms with Crippen LogP contribution in [0.2, 0.25) is 0 Å². The molecule has 1 atom stereocenters. The maximum atomic E-state index is 10.5. The van der Waals surface area contributed by atoms with Crippen molar-refractivity contribution >= 4 is 19.3 Å².